The van der Waals surface area contributed by atoms with E-state index in [4.69, 9.17) is 16.3 Å². The Hall–Kier alpha value is -2.43. The van der Waals surface area contributed by atoms with Gasteiger partial charge in [-0.3, -0.25) is 4.79 Å². The van der Waals surface area contributed by atoms with Gasteiger partial charge in [-0.1, -0.05) is 16.8 Å². The number of esters is 1. The Kier molecular flexibility index (Phi) is 5.54. The number of anilines is 1. The van der Waals surface area contributed by atoms with Crippen LogP contribution >= 0.6 is 11.6 Å². The van der Waals surface area contributed by atoms with Crippen molar-refractivity contribution in [2.75, 3.05) is 19.0 Å². The molecule has 1 heterocycles. The van der Waals surface area contributed by atoms with Crippen molar-refractivity contribution in [3.05, 3.63) is 41.1 Å². The van der Waals surface area contributed by atoms with E-state index < -0.39 is 28.5 Å². The van der Waals surface area contributed by atoms with Gasteiger partial charge in [0.05, 0.1) is 10.6 Å². The minimum absolute atomic E-state index is 0.0512. The van der Waals surface area contributed by atoms with Crippen LogP contribution in [0.1, 0.15) is 10.4 Å². The number of ether oxygens (including phenoxy) is 1. The molecule has 0 spiro atoms. The van der Waals surface area contributed by atoms with E-state index in [1.54, 1.807) is 0 Å². The first kappa shape index (κ1) is 17.9. The highest BCUT2D eigenvalue weighted by atomic mass is 35.5. The minimum Gasteiger partial charge on any atom is -0.452 e. The highest BCUT2D eigenvalue weighted by Gasteiger charge is 2.19. The molecule has 2 aromatic rings. The lowest BCUT2D eigenvalue weighted by Crippen LogP contribution is -2.22. The predicted octanol–water partition coefficient (Wildman–Crippen LogP) is 1.03. The van der Waals surface area contributed by atoms with E-state index in [1.165, 1.54) is 31.5 Å². The molecule has 2 N–H and O–H groups in total. The van der Waals surface area contributed by atoms with Crippen LogP contribution in [-0.4, -0.2) is 39.1 Å². The molecule has 0 bridgehead atoms. The van der Waals surface area contributed by atoms with Crippen LogP contribution in [0.2, 0.25) is 5.02 Å². The number of sulfonamides is 1. The van der Waals surface area contributed by atoms with Gasteiger partial charge in [0.25, 0.3) is 5.91 Å². The first-order valence-corrected chi connectivity index (χ1v) is 8.30. The van der Waals surface area contributed by atoms with Crippen LogP contribution in [0.25, 0.3) is 0 Å². The maximum Gasteiger partial charge on any atom is 0.338 e. The highest BCUT2D eigenvalue weighted by Crippen LogP contribution is 2.22. The van der Waals surface area contributed by atoms with E-state index in [1.807, 2.05) is 0 Å². The lowest BCUT2D eigenvalue weighted by atomic mass is 10.2. The average molecular weight is 374 g/mol. The summed E-state index contributed by atoms with van der Waals surface area (Å²) in [5.74, 6) is -1.34. The summed E-state index contributed by atoms with van der Waals surface area (Å²) in [5.41, 5.74) is -0.0672. The molecule has 2 rings (SSSR count). The predicted molar refractivity (Wildman–Crippen MR) is 83.1 cm³/mol. The Morgan fingerprint density at radius 3 is 2.71 bits per heavy atom. The van der Waals surface area contributed by atoms with Crippen LogP contribution in [0.3, 0.4) is 0 Å². The van der Waals surface area contributed by atoms with E-state index in [0.29, 0.717) is 0 Å². The number of nitrogens with one attached hydrogen (secondary N) is 2. The lowest BCUT2D eigenvalue weighted by Gasteiger charge is -2.08. The summed E-state index contributed by atoms with van der Waals surface area (Å²) >= 11 is 5.82. The minimum atomic E-state index is -3.84. The molecule has 24 heavy (non-hydrogen) atoms. The molecule has 0 saturated heterocycles. The van der Waals surface area contributed by atoms with E-state index in [0.717, 1.165) is 6.07 Å². The molecule has 128 valence electrons. The number of carbonyl (C=O) groups is 2. The molecule has 0 saturated carbocycles. The fraction of sp³-hybridized carbons (Fsp3) is 0.154. The van der Waals surface area contributed by atoms with Gasteiger partial charge in [0.2, 0.25) is 10.0 Å². The maximum absolute atomic E-state index is 11.9. The Morgan fingerprint density at radius 2 is 2.08 bits per heavy atom. The smallest absolute Gasteiger partial charge is 0.338 e. The van der Waals surface area contributed by atoms with Gasteiger partial charge in [-0.25, -0.2) is 17.9 Å². The molecular formula is C13H12ClN3O6S. The second-order valence-corrected chi connectivity index (χ2v) is 6.62. The molecule has 0 aliphatic carbocycles. The number of rotatable bonds is 6. The fourth-order valence-electron chi connectivity index (χ4n) is 1.62. The van der Waals surface area contributed by atoms with Crippen LogP contribution in [0.4, 0.5) is 5.82 Å². The quantitative estimate of drug-likeness (QED) is 0.724. The summed E-state index contributed by atoms with van der Waals surface area (Å²) in [6.45, 7) is -0.581. The number of hydrogen-bond acceptors (Lipinski definition) is 7. The van der Waals surface area contributed by atoms with Gasteiger partial charge in [-0.05, 0) is 25.2 Å². The molecule has 9 nitrogen and oxygen atoms in total. The normalized spacial score (nSPS) is 11.1. The molecule has 0 aliphatic heterocycles. The van der Waals surface area contributed by atoms with Crippen molar-refractivity contribution in [2.45, 2.75) is 4.90 Å². The van der Waals surface area contributed by atoms with E-state index in [9.17, 15) is 18.0 Å². The third kappa shape index (κ3) is 4.31. The average Bonchev–Trinajstić information content (AvgIpc) is 3.05. The molecule has 0 aliphatic rings. The van der Waals surface area contributed by atoms with Crippen LogP contribution < -0.4 is 10.0 Å². The maximum atomic E-state index is 11.9. The van der Waals surface area contributed by atoms with Crippen molar-refractivity contribution in [3.8, 4) is 0 Å². The van der Waals surface area contributed by atoms with Gasteiger partial charge in [-0.2, -0.15) is 0 Å². The lowest BCUT2D eigenvalue weighted by molar-refractivity contribution is -0.119. The molecular weight excluding hydrogens is 362 g/mol. The number of carbonyl (C=O) groups excluding carboxylic acids is 2. The topological polar surface area (TPSA) is 128 Å². The van der Waals surface area contributed by atoms with Crippen LogP contribution in [0.15, 0.2) is 39.9 Å². The summed E-state index contributed by atoms with van der Waals surface area (Å²) in [4.78, 5) is 23.2. The van der Waals surface area contributed by atoms with Crippen LogP contribution in [-0.2, 0) is 19.6 Å². The van der Waals surface area contributed by atoms with Crippen molar-refractivity contribution in [1.29, 1.82) is 0 Å². The molecule has 11 heteroatoms. The Labute approximate surface area is 142 Å². The van der Waals surface area contributed by atoms with Crippen molar-refractivity contribution >= 4 is 39.3 Å². The van der Waals surface area contributed by atoms with Crippen molar-refractivity contribution in [1.82, 2.24) is 9.88 Å². The summed E-state index contributed by atoms with van der Waals surface area (Å²) < 4.78 is 35.1. The zero-order chi connectivity index (χ0) is 17.7. The SMILES string of the molecule is CNS(=O)(=O)c1cc(C(=O)OCC(=O)Nc2ccon2)ccc1Cl. The van der Waals surface area contributed by atoms with Crippen molar-refractivity contribution < 1.29 is 27.3 Å². The fourth-order valence-corrected chi connectivity index (χ4v) is 2.87. The monoisotopic (exact) mass is 373 g/mol. The molecule has 0 radical (unpaired) electrons. The molecule has 1 aromatic carbocycles. The van der Waals surface area contributed by atoms with Gasteiger partial charge in [-0.15, -0.1) is 0 Å². The third-order valence-electron chi connectivity index (χ3n) is 2.76. The summed E-state index contributed by atoms with van der Waals surface area (Å²) in [5, 5.41) is 5.75. The van der Waals surface area contributed by atoms with Gasteiger partial charge in [0.1, 0.15) is 11.2 Å². The molecule has 0 atom stereocenters. The number of amides is 1. The molecule has 0 unspecified atom stereocenters. The first-order chi connectivity index (χ1) is 11.3. The first-order valence-electron chi connectivity index (χ1n) is 6.44. The van der Waals surface area contributed by atoms with Gasteiger partial charge >= 0.3 is 5.97 Å². The zero-order valence-electron chi connectivity index (χ0n) is 12.3. The number of halogens is 1. The Morgan fingerprint density at radius 1 is 1.33 bits per heavy atom. The number of benzene rings is 1. The second kappa shape index (κ2) is 7.43. The highest BCUT2D eigenvalue weighted by molar-refractivity contribution is 7.89. The van der Waals surface area contributed by atoms with Crippen LogP contribution in [0, 0.1) is 0 Å². The second-order valence-electron chi connectivity index (χ2n) is 4.36. The van der Waals surface area contributed by atoms with Gasteiger partial charge in [0.15, 0.2) is 12.4 Å². The molecule has 0 fully saturated rings. The van der Waals surface area contributed by atoms with Crippen molar-refractivity contribution in [2.24, 2.45) is 0 Å². The zero-order valence-corrected chi connectivity index (χ0v) is 13.8. The standard InChI is InChI=1S/C13H12ClN3O6S/c1-15-24(20,21)10-6-8(2-3-9(10)14)13(19)22-7-12(18)16-11-4-5-23-17-11/h2-6,15H,7H2,1H3,(H,16,17,18). The Balaban J connectivity index is 2.05. The summed E-state index contributed by atoms with van der Waals surface area (Å²) in [7, 11) is -2.62. The van der Waals surface area contributed by atoms with Gasteiger partial charge < -0.3 is 14.6 Å². The number of hydrogen-bond donors (Lipinski definition) is 2. The molecule has 1 amide bonds. The van der Waals surface area contributed by atoms with E-state index in [-0.39, 0.29) is 21.3 Å². The third-order valence-corrected chi connectivity index (χ3v) is 4.66. The number of nitrogens with zero attached hydrogens (tertiary/aromatic N) is 1. The largest absolute Gasteiger partial charge is 0.452 e. The van der Waals surface area contributed by atoms with Gasteiger partial charge in [0, 0.05) is 6.07 Å². The van der Waals surface area contributed by atoms with Crippen LogP contribution in [0.5, 0.6) is 0 Å². The summed E-state index contributed by atoms with van der Waals surface area (Å²) in [6, 6.07) is 5.01. The van der Waals surface area contributed by atoms with Crippen molar-refractivity contribution in [3.63, 3.8) is 0 Å². The Bertz CT molecular complexity index is 851. The molecule has 1 aromatic heterocycles. The number of aromatic nitrogens is 1. The summed E-state index contributed by atoms with van der Waals surface area (Å²) in [6.07, 6.45) is 1.26. The van der Waals surface area contributed by atoms with E-state index >= 15 is 0 Å². The van der Waals surface area contributed by atoms with E-state index in [2.05, 4.69) is 19.7 Å².